The Morgan fingerprint density at radius 2 is 1.87 bits per heavy atom. The number of esters is 1. The van der Waals surface area contributed by atoms with Crippen LogP contribution in [-0.2, 0) is 10.3 Å². The summed E-state index contributed by atoms with van der Waals surface area (Å²) in [7, 11) is 1.35. The number of hydrogen-bond donors (Lipinski definition) is 3. The summed E-state index contributed by atoms with van der Waals surface area (Å²) >= 11 is 12.5. The summed E-state index contributed by atoms with van der Waals surface area (Å²) in [4.78, 5) is 28.2. The number of fused-ring (bicyclic) bond motifs is 1. The third-order valence-electron chi connectivity index (χ3n) is 5.70. The molecule has 4 rings (SSSR count). The summed E-state index contributed by atoms with van der Waals surface area (Å²) in [5.74, 6) is -0.620. The molecule has 0 aliphatic carbocycles. The molecule has 1 aliphatic heterocycles. The van der Waals surface area contributed by atoms with Crippen molar-refractivity contribution in [1.29, 1.82) is 0 Å². The number of amides is 1. The molecule has 1 atom stereocenters. The van der Waals surface area contributed by atoms with Crippen molar-refractivity contribution in [2.75, 3.05) is 20.2 Å². The van der Waals surface area contributed by atoms with Crippen LogP contribution in [0.2, 0.25) is 10.0 Å². The molecule has 1 unspecified atom stereocenters. The number of aromatic amines is 1. The van der Waals surface area contributed by atoms with Gasteiger partial charge in [0.05, 0.1) is 28.3 Å². The molecular formula is C22H21Cl2N3O3. The standard InChI is InChI=1S/C22H21Cl2N3O3/c1-12-17-16(8-7-15(23)18(17)24)26-19(12)20(28)27-22(9-10-25-11-22)14-5-3-13(4-6-14)21(29)30-2/h3-8,25-26H,9-11H2,1-2H3,(H,27,28). The van der Waals surface area contributed by atoms with Gasteiger partial charge in [-0.2, -0.15) is 0 Å². The van der Waals surface area contributed by atoms with Crippen molar-refractivity contribution >= 4 is 46.0 Å². The first-order valence-electron chi connectivity index (χ1n) is 9.54. The second-order valence-corrected chi connectivity index (χ2v) is 8.23. The van der Waals surface area contributed by atoms with Crippen molar-refractivity contribution in [1.82, 2.24) is 15.6 Å². The van der Waals surface area contributed by atoms with Gasteiger partial charge in [-0.05, 0) is 55.3 Å². The molecule has 3 aromatic rings. The van der Waals surface area contributed by atoms with Crippen molar-refractivity contribution in [3.05, 3.63) is 68.8 Å². The van der Waals surface area contributed by atoms with Crippen LogP contribution in [0, 0.1) is 6.92 Å². The average Bonchev–Trinajstić information content (AvgIpc) is 3.36. The van der Waals surface area contributed by atoms with Gasteiger partial charge in [-0.25, -0.2) is 4.79 Å². The van der Waals surface area contributed by atoms with Crippen LogP contribution < -0.4 is 10.6 Å². The molecule has 1 amide bonds. The van der Waals surface area contributed by atoms with Gasteiger partial charge in [0, 0.05) is 17.4 Å². The number of carbonyl (C=O) groups is 2. The first-order valence-corrected chi connectivity index (χ1v) is 10.3. The molecule has 3 N–H and O–H groups in total. The smallest absolute Gasteiger partial charge is 0.337 e. The quantitative estimate of drug-likeness (QED) is 0.525. The van der Waals surface area contributed by atoms with E-state index >= 15 is 0 Å². The number of carbonyl (C=O) groups excluding carboxylic acids is 2. The van der Waals surface area contributed by atoms with Gasteiger partial charge in [0.25, 0.3) is 5.91 Å². The highest BCUT2D eigenvalue weighted by atomic mass is 35.5. The van der Waals surface area contributed by atoms with Crippen LogP contribution in [0.4, 0.5) is 0 Å². The predicted octanol–water partition coefficient (Wildman–Crippen LogP) is 4.19. The minimum atomic E-state index is -0.586. The van der Waals surface area contributed by atoms with Gasteiger partial charge in [-0.3, -0.25) is 4.79 Å². The molecule has 0 saturated carbocycles. The molecule has 30 heavy (non-hydrogen) atoms. The van der Waals surface area contributed by atoms with Gasteiger partial charge >= 0.3 is 5.97 Å². The molecular weight excluding hydrogens is 425 g/mol. The number of rotatable bonds is 4. The van der Waals surface area contributed by atoms with Crippen LogP contribution in [0.15, 0.2) is 36.4 Å². The molecule has 2 heterocycles. The SMILES string of the molecule is COC(=O)c1ccc(C2(NC(=O)c3[nH]c4ccc(Cl)c(Cl)c4c3C)CCNC2)cc1. The van der Waals surface area contributed by atoms with Crippen molar-refractivity contribution in [2.24, 2.45) is 0 Å². The lowest BCUT2D eigenvalue weighted by molar-refractivity contribution is 0.0600. The number of benzene rings is 2. The van der Waals surface area contributed by atoms with Gasteiger partial charge in [-0.1, -0.05) is 35.3 Å². The number of aromatic nitrogens is 1. The Morgan fingerprint density at radius 1 is 1.13 bits per heavy atom. The highest BCUT2D eigenvalue weighted by Crippen LogP contribution is 2.35. The van der Waals surface area contributed by atoms with E-state index in [4.69, 9.17) is 27.9 Å². The maximum Gasteiger partial charge on any atom is 0.337 e. The van der Waals surface area contributed by atoms with Crippen LogP contribution in [0.1, 0.15) is 38.4 Å². The zero-order chi connectivity index (χ0) is 21.5. The highest BCUT2D eigenvalue weighted by molar-refractivity contribution is 6.45. The molecule has 1 aliphatic rings. The summed E-state index contributed by atoms with van der Waals surface area (Å²) in [6, 6.07) is 10.6. The van der Waals surface area contributed by atoms with Gasteiger partial charge < -0.3 is 20.4 Å². The predicted molar refractivity (Wildman–Crippen MR) is 117 cm³/mol. The van der Waals surface area contributed by atoms with E-state index in [1.807, 2.05) is 25.1 Å². The number of methoxy groups -OCH3 is 1. The fourth-order valence-corrected chi connectivity index (χ4v) is 4.51. The Kier molecular flexibility index (Phi) is 5.49. The molecule has 0 spiro atoms. The summed E-state index contributed by atoms with van der Waals surface area (Å²) in [6.07, 6.45) is 0.724. The third-order valence-corrected chi connectivity index (χ3v) is 6.50. The van der Waals surface area contributed by atoms with Crippen LogP contribution in [0.5, 0.6) is 0 Å². The topological polar surface area (TPSA) is 83.2 Å². The van der Waals surface area contributed by atoms with Crippen molar-refractivity contribution in [3.63, 3.8) is 0 Å². The van der Waals surface area contributed by atoms with Crippen LogP contribution in [0.3, 0.4) is 0 Å². The molecule has 1 fully saturated rings. The Hall–Kier alpha value is -2.54. The van der Waals surface area contributed by atoms with Crippen molar-refractivity contribution < 1.29 is 14.3 Å². The maximum absolute atomic E-state index is 13.3. The minimum absolute atomic E-state index is 0.225. The Labute approximate surface area is 183 Å². The summed E-state index contributed by atoms with van der Waals surface area (Å²) in [5, 5.41) is 8.14. The van der Waals surface area contributed by atoms with E-state index in [0.29, 0.717) is 27.8 Å². The first-order chi connectivity index (χ1) is 14.4. The summed E-state index contributed by atoms with van der Waals surface area (Å²) in [6.45, 7) is 3.20. The fourth-order valence-electron chi connectivity index (χ4n) is 4.04. The van der Waals surface area contributed by atoms with Crippen LogP contribution in [0.25, 0.3) is 10.9 Å². The third kappa shape index (κ3) is 3.45. The molecule has 1 aromatic heterocycles. The lowest BCUT2D eigenvalue weighted by Gasteiger charge is -2.30. The maximum atomic E-state index is 13.3. The number of ether oxygens (including phenoxy) is 1. The van der Waals surface area contributed by atoms with E-state index in [9.17, 15) is 9.59 Å². The zero-order valence-corrected chi connectivity index (χ0v) is 18.1. The largest absolute Gasteiger partial charge is 0.465 e. The normalized spacial score (nSPS) is 18.5. The summed E-state index contributed by atoms with van der Waals surface area (Å²) < 4.78 is 4.76. The van der Waals surface area contributed by atoms with Gasteiger partial charge in [0.1, 0.15) is 5.69 Å². The molecule has 2 aromatic carbocycles. The highest BCUT2D eigenvalue weighted by Gasteiger charge is 2.38. The van der Waals surface area contributed by atoms with E-state index in [1.54, 1.807) is 18.2 Å². The molecule has 6 nitrogen and oxygen atoms in total. The lowest BCUT2D eigenvalue weighted by atomic mass is 9.88. The Bertz CT molecular complexity index is 1130. The second-order valence-electron chi connectivity index (χ2n) is 7.44. The molecule has 0 radical (unpaired) electrons. The lowest BCUT2D eigenvalue weighted by Crippen LogP contribution is -2.47. The van der Waals surface area contributed by atoms with Gasteiger partial charge in [0.15, 0.2) is 0 Å². The Balaban J connectivity index is 1.68. The fraction of sp³-hybridized carbons (Fsp3) is 0.273. The summed E-state index contributed by atoms with van der Waals surface area (Å²) in [5.41, 5.74) is 2.75. The number of nitrogens with one attached hydrogen (secondary N) is 3. The number of hydrogen-bond acceptors (Lipinski definition) is 4. The monoisotopic (exact) mass is 445 g/mol. The molecule has 156 valence electrons. The molecule has 8 heteroatoms. The number of H-pyrrole nitrogens is 1. The molecule has 1 saturated heterocycles. The second kappa shape index (κ2) is 7.95. The van der Waals surface area contributed by atoms with E-state index in [0.717, 1.165) is 35.0 Å². The van der Waals surface area contributed by atoms with E-state index in [1.165, 1.54) is 7.11 Å². The number of aryl methyl sites for hydroxylation is 1. The van der Waals surface area contributed by atoms with Crippen molar-refractivity contribution in [2.45, 2.75) is 18.9 Å². The first kappa shape index (κ1) is 20.7. The zero-order valence-electron chi connectivity index (χ0n) is 16.6. The van der Waals surface area contributed by atoms with E-state index in [2.05, 4.69) is 15.6 Å². The van der Waals surface area contributed by atoms with Crippen molar-refractivity contribution in [3.8, 4) is 0 Å². The minimum Gasteiger partial charge on any atom is -0.465 e. The average molecular weight is 446 g/mol. The van der Waals surface area contributed by atoms with Gasteiger partial charge in [-0.15, -0.1) is 0 Å². The van der Waals surface area contributed by atoms with Crippen LogP contribution >= 0.6 is 23.2 Å². The van der Waals surface area contributed by atoms with E-state index < -0.39 is 11.5 Å². The van der Waals surface area contributed by atoms with E-state index in [-0.39, 0.29) is 5.91 Å². The molecule has 0 bridgehead atoms. The Morgan fingerprint density at radius 3 is 2.50 bits per heavy atom. The number of halogens is 2. The van der Waals surface area contributed by atoms with Crippen LogP contribution in [-0.4, -0.2) is 37.1 Å². The van der Waals surface area contributed by atoms with Gasteiger partial charge in [0.2, 0.25) is 0 Å².